The zero-order valence-electron chi connectivity index (χ0n) is 12.1. The maximum Gasteiger partial charge on any atom is 0.337 e. The molecule has 0 spiro atoms. The molecule has 0 atom stereocenters. The normalized spacial score (nSPS) is 9.16. The van der Waals surface area contributed by atoms with Gasteiger partial charge in [-0.25, -0.2) is 4.79 Å². The number of rotatable bonds is 2. The number of aliphatic hydroxyl groups is 1. The summed E-state index contributed by atoms with van der Waals surface area (Å²) in [6.07, 6.45) is 0. The van der Waals surface area contributed by atoms with Crippen molar-refractivity contribution >= 4 is 80.8 Å². The van der Waals surface area contributed by atoms with Gasteiger partial charge in [0.05, 0.1) is 22.2 Å². The van der Waals surface area contributed by atoms with Crippen molar-refractivity contribution < 1.29 is 15.0 Å². The van der Waals surface area contributed by atoms with Crippen LogP contribution in [0.15, 0.2) is 33.2 Å². The summed E-state index contributed by atoms with van der Waals surface area (Å²) >= 11 is 17.7. The molecule has 0 bridgehead atoms. The average molecular weight is 514 g/mol. The fraction of sp³-hybridized carbons (Fsp3) is 0.133. The van der Waals surface area contributed by atoms with E-state index >= 15 is 0 Å². The molecule has 0 fully saturated rings. The largest absolute Gasteiger partial charge is 0.478 e. The Bertz CT molecular complexity index is 749. The number of benzene rings is 2. The molecule has 3 radical (unpaired) electrons. The van der Waals surface area contributed by atoms with Crippen molar-refractivity contribution in [3.63, 3.8) is 0 Å². The molecule has 0 saturated heterocycles. The summed E-state index contributed by atoms with van der Waals surface area (Å²) in [7, 11) is 0. The van der Waals surface area contributed by atoms with Crippen LogP contribution < -0.4 is 11.5 Å². The Balaban J connectivity index is 0. The van der Waals surface area contributed by atoms with Crippen molar-refractivity contribution in [2.75, 3.05) is 11.5 Å². The highest BCUT2D eigenvalue weighted by Gasteiger charge is 2.10. The maximum atomic E-state index is 10.5. The van der Waals surface area contributed by atoms with Gasteiger partial charge in [-0.1, -0.05) is 30.6 Å². The lowest BCUT2D eigenvalue weighted by Gasteiger charge is -2.03. The van der Waals surface area contributed by atoms with Gasteiger partial charge in [0, 0.05) is 34.3 Å². The first-order valence-corrected chi connectivity index (χ1v) is 8.33. The Hall–Kier alpha value is -0.925. The second-order valence-corrected chi connectivity index (χ2v) is 6.81. The molecule has 0 aliphatic rings. The van der Waals surface area contributed by atoms with Crippen LogP contribution in [0.1, 0.15) is 23.3 Å². The molecule has 0 aliphatic carbocycles. The van der Waals surface area contributed by atoms with Gasteiger partial charge in [-0.3, -0.25) is 0 Å². The van der Waals surface area contributed by atoms with E-state index in [1.54, 1.807) is 12.1 Å². The number of carboxylic acid groups (broad SMARTS) is 1. The van der Waals surface area contributed by atoms with E-state index in [4.69, 9.17) is 44.9 Å². The summed E-state index contributed by atoms with van der Waals surface area (Å²) in [5, 5.41) is 18.4. The lowest BCUT2D eigenvalue weighted by atomic mass is 10.2. The van der Waals surface area contributed by atoms with E-state index in [9.17, 15) is 4.79 Å². The van der Waals surface area contributed by atoms with Gasteiger partial charge >= 0.3 is 5.97 Å². The highest BCUT2D eigenvalue weighted by molar-refractivity contribution is 9.10. The minimum absolute atomic E-state index is 0. The summed E-state index contributed by atoms with van der Waals surface area (Å²) in [4.78, 5) is 10.5. The number of nitrogens with two attached hydrogens (primary N) is 2. The van der Waals surface area contributed by atoms with E-state index in [0.717, 1.165) is 4.47 Å². The van der Waals surface area contributed by atoms with Crippen LogP contribution in [0.5, 0.6) is 0 Å². The van der Waals surface area contributed by atoms with Gasteiger partial charge in [-0.15, -0.1) is 0 Å². The monoisotopic (exact) mass is 511 g/mol. The minimum Gasteiger partial charge on any atom is -0.478 e. The number of anilines is 2. The number of hydrogen-bond acceptors (Lipinski definition) is 4. The standard InChI is InChI=1S/C7H5BrClNO2.C7H7BrClNO.CH4.B/c8-4-1-3(7(11)12)6(10)2-5(4)9;8-5-1-4(3-11)7(10)2-6(5)9;;/h1-2H,10H2,(H,11,12);1-2,11H,3,10H2;1H4;. The van der Waals surface area contributed by atoms with Gasteiger partial charge < -0.3 is 21.7 Å². The second kappa shape index (κ2) is 11.6. The average Bonchev–Trinajstić information content (AvgIpc) is 2.47. The van der Waals surface area contributed by atoms with Crippen molar-refractivity contribution in [1.29, 1.82) is 0 Å². The Labute approximate surface area is 175 Å². The first kappa shape index (κ1) is 26.3. The molecule has 0 aliphatic heterocycles. The molecular formula is C15H16BBr2Cl2N2O3. The van der Waals surface area contributed by atoms with E-state index in [0.29, 0.717) is 25.8 Å². The number of nitrogen functional groups attached to an aromatic ring is 2. The summed E-state index contributed by atoms with van der Waals surface area (Å²) in [5.41, 5.74) is 12.3. The van der Waals surface area contributed by atoms with Crippen LogP contribution in [0.2, 0.25) is 10.0 Å². The molecule has 0 aromatic heterocycles. The van der Waals surface area contributed by atoms with Crippen molar-refractivity contribution in [3.8, 4) is 0 Å². The molecule has 135 valence electrons. The van der Waals surface area contributed by atoms with E-state index in [1.165, 1.54) is 12.1 Å². The smallest absolute Gasteiger partial charge is 0.337 e. The van der Waals surface area contributed by atoms with Gasteiger partial charge in [0.2, 0.25) is 0 Å². The van der Waals surface area contributed by atoms with Crippen LogP contribution in [0, 0.1) is 0 Å². The second-order valence-electron chi connectivity index (χ2n) is 4.28. The van der Waals surface area contributed by atoms with Gasteiger partial charge in [-0.2, -0.15) is 0 Å². The Morgan fingerprint density at radius 1 is 1.00 bits per heavy atom. The summed E-state index contributed by atoms with van der Waals surface area (Å²) in [5.74, 6) is -1.06. The fourth-order valence-electron chi connectivity index (χ4n) is 1.49. The van der Waals surface area contributed by atoms with Crippen LogP contribution in [0.3, 0.4) is 0 Å². The van der Waals surface area contributed by atoms with Crippen LogP contribution in [-0.4, -0.2) is 24.6 Å². The lowest BCUT2D eigenvalue weighted by molar-refractivity contribution is 0.0698. The number of halogens is 4. The highest BCUT2D eigenvalue weighted by atomic mass is 79.9. The van der Waals surface area contributed by atoms with Crippen LogP contribution in [0.25, 0.3) is 0 Å². The molecule has 6 N–H and O–H groups in total. The summed E-state index contributed by atoms with van der Waals surface area (Å²) in [6.45, 7) is -0.0679. The number of hydrogen-bond donors (Lipinski definition) is 4. The molecule has 2 rings (SSSR count). The zero-order chi connectivity index (χ0) is 17.7. The number of carbonyl (C=O) groups is 1. The third-order valence-electron chi connectivity index (χ3n) is 2.68. The molecule has 10 heteroatoms. The topological polar surface area (TPSA) is 110 Å². The van der Waals surface area contributed by atoms with Crippen LogP contribution in [0.4, 0.5) is 11.4 Å². The molecule has 5 nitrogen and oxygen atoms in total. The quantitative estimate of drug-likeness (QED) is 0.340. The van der Waals surface area contributed by atoms with Crippen molar-refractivity contribution in [3.05, 3.63) is 54.4 Å². The van der Waals surface area contributed by atoms with Crippen molar-refractivity contribution in [2.24, 2.45) is 0 Å². The predicted molar refractivity (Wildman–Crippen MR) is 112 cm³/mol. The molecule has 0 heterocycles. The Kier molecular flexibility index (Phi) is 12.3. The summed E-state index contributed by atoms with van der Waals surface area (Å²) in [6, 6.07) is 6.09. The van der Waals surface area contributed by atoms with Gasteiger partial charge in [0.25, 0.3) is 0 Å². The number of aliphatic hydroxyl groups excluding tert-OH is 1. The molecule has 0 amide bonds. The molecule has 2 aromatic carbocycles. The van der Waals surface area contributed by atoms with Crippen LogP contribution in [-0.2, 0) is 6.61 Å². The molecule has 25 heavy (non-hydrogen) atoms. The lowest BCUT2D eigenvalue weighted by Crippen LogP contribution is -2.02. The fourth-order valence-corrected chi connectivity index (χ4v) is 2.57. The van der Waals surface area contributed by atoms with E-state index < -0.39 is 5.97 Å². The van der Waals surface area contributed by atoms with Crippen molar-refractivity contribution in [2.45, 2.75) is 14.0 Å². The summed E-state index contributed by atoms with van der Waals surface area (Å²) < 4.78 is 1.27. The van der Waals surface area contributed by atoms with Crippen molar-refractivity contribution in [1.82, 2.24) is 0 Å². The van der Waals surface area contributed by atoms with Gasteiger partial charge in [0.15, 0.2) is 0 Å². The Morgan fingerprint density at radius 2 is 1.44 bits per heavy atom. The third-order valence-corrected chi connectivity index (χ3v) is 5.07. The van der Waals surface area contributed by atoms with Crippen LogP contribution >= 0.6 is 55.1 Å². The Morgan fingerprint density at radius 3 is 1.88 bits per heavy atom. The first-order chi connectivity index (χ1) is 10.7. The number of carboxylic acids is 1. The molecule has 0 unspecified atom stereocenters. The van der Waals surface area contributed by atoms with E-state index in [1.807, 2.05) is 0 Å². The first-order valence-electron chi connectivity index (χ1n) is 5.99. The van der Waals surface area contributed by atoms with Gasteiger partial charge in [-0.05, 0) is 56.1 Å². The molecule has 0 saturated carbocycles. The molecular weight excluding hydrogens is 498 g/mol. The van der Waals surface area contributed by atoms with E-state index in [-0.39, 0.29) is 33.7 Å². The predicted octanol–water partition coefficient (Wildman–Crippen LogP) is 4.82. The highest BCUT2D eigenvalue weighted by Crippen LogP contribution is 2.28. The maximum absolute atomic E-state index is 10.5. The minimum atomic E-state index is -1.06. The molecule has 2 aromatic rings. The van der Waals surface area contributed by atoms with Gasteiger partial charge in [0.1, 0.15) is 0 Å². The van der Waals surface area contributed by atoms with E-state index in [2.05, 4.69) is 31.9 Å². The SMILES string of the molecule is C.Nc1cc(Cl)c(Br)cc1C(=O)O.Nc1cc(Cl)c(Br)cc1CO.[B]. The third kappa shape index (κ3) is 7.46. The number of aromatic carboxylic acids is 1. The zero-order valence-corrected chi connectivity index (χ0v) is 16.7.